The van der Waals surface area contributed by atoms with Crippen molar-refractivity contribution in [3.8, 4) is 0 Å². The molecule has 0 saturated heterocycles. The van der Waals surface area contributed by atoms with Gasteiger partial charge in [0.25, 0.3) is 0 Å². The van der Waals surface area contributed by atoms with Crippen LogP contribution in [0.4, 0.5) is 16.6 Å². The Bertz CT molecular complexity index is 521. The van der Waals surface area contributed by atoms with E-state index >= 15 is 0 Å². The van der Waals surface area contributed by atoms with E-state index in [4.69, 9.17) is 0 Å². The first kappa shape index (κ1) is 12.8. The van der Waals surface area contributed by atoms with Crippen LogP contribution in [-0.2, 0) is 0 Å². The maximum atomic E-state index is 4.33. The van der Waals surface area contributed by atoms with Crippen molar-refractivity contribution in [1.29, 1.82) is 0 Å². The van der Waals surface area contributed by atoms with Gasteiger partial charge in [-0.05, 0) is 37.8 Å². The number of nitrogens with one attached hydrogen (secondary N) is 1. The molecule has 0 aromatic carbocycles. The number of anilines is 3. The highest BCUT2D eigenvalue weighted by atomic mass is 32.1. The third kappa shape index (κ3) is 2.79. The zero-order valence-electron chi connectivity index (χ0n) is 11.1. The van der Waals surface area contributed by atoms with Crippen molar-refractivity contribution < 1.29 is 0 Å². The van der Waals surface area contributed by atoms with Crippen LogP contribution in [-0.4, -0.2) is 23.1 Å². The number of hydrogen-bond acceptors (Lipinski definition) is 5. The molecule has 2 aromatic heterocycles. The molecule has 18 heavy (non-hydrogen) atoms. The topological polar surface area (TPSA) is 41.0 Å². The molecule has 0 spiro atoms. The summed E-state index contributed by atoms with van der Waals surface area (Å²) in [5, 5.41) is 6.59. The van der Waals surface area contributed by atoms with E-state index in [-0.39, 0.29) is 0 Å². The van der Waals surface area contributed by atoms with Gasteiger partial charge in [0.15, 0.2) is 0 Å². The second-order valence-corrected chi connectivity index (χ2v) is 5.42. The van der Waals surface area contributed by atoms with Crippen molar-refractivity contribution in [2.75, 3.05) is 17.3 Å². The van der Waals surface area contributed by atoms with Gasteiger partial charge >= 0.3 is 0 Å². The van der Waals surface area contributed by atoms with Gasteiger partial charge in [0.2, 0.25) is 0 Å². The largest absolute Gasteiger partial charge is 0.368 e. The second kappa shape index (κ2) is 5.35. The van der Waals surface area contributed by atoms with E-state index in [1.165, 1.54) is 10.6 Å². The minimum atomic E-state index is 0.363. The molecular formula is C13H18N4S. The smallest absolute Gasteiger partial charge is 0.138 e. The maximum Gasteiger partial charge on any atom is 0.138 e. The van der Waals surface area contributed by atoms with Gasteiger partial charge < -0.3 is 10.2 Å². The lowest BCUT2D eigenvalue weighted by molar-refractivity contribution is 0.885. The van der Waals surface area contributed by atoms with Crippen LogP contribution < -0.4 is 10.2 Å². The van der Waals surface area contributed by atoms with Crippen LogP contribution in [0, 0.1) is 6.92 Å². The average Bonchev–Trinajstić information content (AvgIpc) is 2.74. The Balaban J connectivity index is 2.25. The van der Waals surface area contributed by atoms with E-state index in [0.29, 0.717) is 6.04 Å². The number of hydrogen-bond donors (Lipinski definition) is 1. The fourth-order valence-electron chi connectivity index (χ4n) is 1.72. The Kier molecular flexibility index (Phi) is 3.81. The van der Waals surface area contributed by atoms with E-state index in [2.05, 4.69) is 52.4 Å². The highest BCUT2D eigenvalue weighted by molar-refractivity contribution is 7.14. The van der Waals surface area contributed by atoms with Gasteiger partial charge in [-0.15, -0.1) is 11.3 Å². The van der Waals surface area contributed by atoms with Crippen molar-refractivity contribution in [2.45, 2.75) is 26.8 Å². The molecule has 0 bridgehead atoms. The quantitative estimate of drug-likeness (QED) is 0.916. The molecule has 2 aromatic rings. The zero-order chi connectivity index (χ0) is 13.1. The highest BCUT2D eigenvalue weighted by Gasteiger charge is 2.10. The molecule has 0 aliphatic carbocycles. The summed E-state index contributed by atoms with van der Waals surface area (Å²) in [4.78, 5) is 10.6. The minimum absolute atomic E-state index is 0.363. The predicted octanol–water partition coefficient (Wildman–Crippen LogP) is 3.43. The lowest BCUT2D eigenvalue weighted by Crippen LogP contribution is -2.14. The molecule has 0 saturated carbocycles. The summed E-state index contributed by atoms with van der Waals surface area (Å²) in [6.45, 7) is 6.29. The van der Waals surface area contributed by atoms with Crippen molar-refractivity contribution >= 4 is 28.0 Å². The van der Waals surface area contributed by atoms with Crippen LogP contribution in [0.15, 0.2) is 23.8 Å². The Morgan fingerprint density at radius 2 is 2.11 bits per heavy atom. The average molecular weight is 262 g/mol. The molecule has 0 fully saturated rings. The van der Waals surface area contributed by atoms with Crippen LogP contribution in [0.5, 0.6) is 0 Å². The van der Waals surface area contributed by atoms with E-state index in [0.717, 1.165) is 11.6 Å². The predicted molar refractivity (Wildman–Crippen MR) is 77.9 cm³/mol. The molecule has 0 amide bonds. The fourth-order valence-corrected chi connectivity index (χ4v) is 2.62. The number of aryl methyl sites for hydroxylation is 1. The summed E-state index contributed by atoms with van der Waals surface area (Å²) < 4.78 is 0. The van der Waals surface area contributed by atoms with Crippen LogP contribution in [0.3, 0.4) is 0 Å². The van der Waals surface area contributed by atoms with Crippen LogP contribution in [0.25, 0.3) is 0 Å². The Morgan fingerprint density at radius 1 is 1.33 bits per heavy atom. The van der Waals surface area contributed by atoms with E-state index in [9.17, 15) is 0 Å². The first-order valence-electron chi connectivity index (χ1n) is 5.94. The number of rotatable bonds is 4. The molecule has 5 heteroatoms. The zero-order valence-corrected chi connectivity index (χ0v) is 12.0. The number of nitrogens with zero attached hydrogens (tertiary/aromatic N) is 3. The van der Waals surface area contributed by atoms with E-state index in [1.807, 2.05) is 13.1 Å². The Morgan fingerprint density at radius 3 is 2.72 bits per heavy atom. The maximum absolute atomic E-state index is 4.33. The van der Waals surface area contributed by atoms with Crippen molar-refractivity contribution in [3.63, 3.8) is 0 Å². The molecule has 1 N–H and O–H groups in total. The highest BCUT2D eigenvalue weighted by Crippen LogP contribution is 2.31. The molecule has 0 aliphatic rings. The van der Waals surface area contributed by atoms with Gasteiger partial charge in [0, 0.05) is 19.2 Å². The molecule has 4 nitrogen and oxygen atoms in total. The first-order chi connectivity index (χ1) is 8.58. The molecule has 0 aliphatic heterocycles. The second-order valence-electron chi connectivity index (χ2n) is 4.53. The molecule has 0 radical (unpaired) electrons. The standard InChI is InChI=1S/C13H18N4S/c1-9(2)16-11-7-12(15-8-14-11)17(4)13-10(3)5-6-18-13/h5-9H,1-4H3,(H,14,15,16). The summed E-state index contributed by atoms with van der Waals surface area (Å²) >= 11 is 1.72. The molecule has 2 heterocycles. The molecular weight excluding hydrogens is 244 g/mol. The van der Waals surface area contributed by atoms with Gasteiger partial charge in [0.1, 0.15) is 18.0 Å². The summed E-state index contributed by atoms with van der Waals surface area (Å²) in [5.74, 6) is 1.76. The van der Waals surface area contributed by atoms with Gasteiger partial charge in [-0.25, -0.2) is 9.97 Å². The first-order valence-corrected chi connectivity index (χ1v) is 6.82. The molecule has 96 valence electrons. The lowest BCUT2D eigenvalue weighted by Gasteiger charge is -2.18. The minimum Gasteiger partial charge on any atom is -0.368 e. The van der Waals surface area contributed by atoms with E-state index < -0.39 is 0 Å². The Hall–Kier alpha value is -1.62. The number of aromatic nitrogens is 2. The third-order valence-corrected chi connectivity index (χ3v) is 3.66. The lowest BCUT2D eigenvalue weighted by atomic mass is 10.3. The van der Waals surface area contributed by atoms with Crippen LogP contribution >= 0.6 is 11.3 Å². The van der Waals surface area contributed by atoms with Crippen LogP contribution in [0.1, 0.15) is 19.4 Å². The fraction of sp³-hybridized carbons (Fsp3) is 0.385. The summed E-state index contributed by atoms with van der Waals surface area (Å²) in [5.41, 5.74) is 1.26. The van der Waals surface area contributed by atoms with Gasteiger partial charge in [0.05, 0.1) is 5.00 Å². The van der Waals surface area contributed by atoms with Gasteiger partial charge in [-0.2, -0.15) is 0 Å². The van der Waals surface area contributed by atoms with Crippen molar-refractivity contribution in [2.24, 2.45) is 0 Å². The third-order valence-electron chi connectivity index (χ3n) is 2.57. The summed E-state index contributed by atoms with van der Waals surface area (Å²) in [6, 6.07) is 4.45. The summed E-state index contributed by atoms with van der Waals surface area (Å²) in [6.07, 6.45) is 1.60. The monoisotopic (exact) mass is 262 g/mol. The summed E-state index contributed by atoms with van der Waals surface area (Å²) in [7, 11) is 2.03. The van der Waals surface area contributed by atoms with E-state index in [1.54, 1.807) is 17.7 Å². The molecule has 2 rings (SSSR count). The Labute approximate surface area is 112 Å². The SMILES string of the molecule is Cc1ccsc1N(C)c1cc(NC(C)C)ncn1. The van der Waals surface area contributed by atoms with Crippen molar-refractivity contribution in [3.05, 3.63) is 29.4 Å². The molecule has 0 atom stereocenters. The van der Waals surface area contributed by atoms with Crippen LogP contribution in [0.2, 0.25) is 0 Å². The van der Waals surface area contributed by atoms with Crippen molar-refractivity contribution in [1.82, 2.24) is 9.97 Å². The van der Waals surface area contributed by atoms with Gasteiger partial charge in [-0.1, -0.05) is 0 Å². The van der Waals surface area contributed by atoms with Gasteiger partial charge in [-0.3, -0.25) is 0 Å². The normalized spacial score (nSPS) is 10.7. The number of thiophene rings is 1. The molecule has 0 unspecified atom stereocenters.